The summed E-state index contributed by atoms with van der Waals surface area (Å²) in [6, 6.07) is -2.40. The molecule has 1 fully saturated rings. The van der Waals surface area contributed by atoms with Crippen LogP contribution in [0.3, 0.4) is 0 Å². The van der Waals surface area contributed by atoms with Crippen LogP contribution in [0.5, 0.6) is 0 Å². The van der Waals surface area contributed by atoms with Crippen LogP contribution < -0.4 is 5.32 Å². The maximum Gasteiger partial charge on any atom is 0.408 e. The van der Waals surface area contributed by atoms with Gasteiger partial charge in [-0.3, -0.25) is 9.59 Å². The Morgan fingerprint density at radius 1 is 1.42 bits per heavy atom. The van der Waals surface area contributed by atoms with Crippen molar-refractivity contribution in [2.75, 3.05) is 6.54 Å². The fourth-order valence-electron chi connectivity index (χ4n) is 2.83. The second kappa shape index (κ2) is 7.23. The zero-order valence-corrected chi connectivity index (χ0v) is 13.5. The smallest absolute Gasteiger partial charge is 0.408 e. The fourth-order valence-corrected chi connectivity index (χ4v) is 2.83. The highest BCUT2D eigenvalue weighted by molar-refractivity contribution is 5.92. The van der Waals surface area contributed by atoms with Crippen molar-refractivity contribution >= 4 is 11.8 Å². The van der Waals surface area contributed by atoms with Gasteiger partial charge in [0.2, 0.25) is 5.91 Å². The predicted molar refractivity (Wildman–Crippen MR) is 78.2 cm³/mol. The Morgan fingerprint density at radius 3 is 2.71 bits per heavy atom. The second-order valence-electron chi connectivity index (χ2n) is 5.87. The lowest BCUT2D eigenvalue weighted by Crippen LogP contribution is -2.58. The SMILES string of the molecule is CCCc1nc(C(=O)N2CC(NC(C)=O)CCC2C(F)(F)F)co1. The standard InChI is InChI=1S/C15H20F3N3O3/c1-3-4-13-20-11(8-24-13)14(23)21-7-10(19-9(2)22)5-6-12(21)15(16,17)18/h8,10,12H,3-7H2,1-2H3,(H,19,22). The minimum atomic E-state index is -4.53. The lowest BCUT2D eigenvalue weighted by atomic mass is 9.97. The van der Waals surface area contributed by atoms with Crippen molar-refractivity contribution in [3.05, 3.63) is 17.8 Å². The van der Waals surface area contributed by atoms with Crippen LogP contribution in [0.25, 0.3) is 0 Å². The number of carbonyl (C=O) groups excluding carboxylic acids is 2. The first kappa shape index (κ1) is 18.3. The van der Waals surface area contributed by atoms with Gasteiger partial charge in [-0.2, -0.15) is 13.2 Å². The molecule has 1 aromatic heterocycles. The zero-order valence-electron chi connectivity index (χ0n) is 13.5. The largest absolute Gasteiger partial charge is 0.448 e. The number of hydrogen-bond acceptors (Lipinski definition) is 4. The highest BCUT2D eigenvalue weighted by atomic mass is 19.4. The number of likely N-dealkylation sites (tertiary alicyclic amines) is 1. The van der Waals surface area contributed by atoms with Gasteiger partial charge in [0, 0.05) is 25.9 Å². The number of aromatic nitrogens is 1. The third kappa shape index (κ3) is 4.27. The Balaban J connectivity index is 2.21. The number of alkyl halides is 3. The average molecular weight is 347 g/mol. The molecular formula is C15H20F3N3O3. The highest BCUT2D eigenvalue weighted by Crippen LogP contribution is 2.33. The van der Waals surface area contributed by atoms with Crippen molar-refractivity contribution in [2.24, 2.45) is 0 Å². The molecule has 2 rings (SSSR count). The minimum absolute atomic E-state index is 0.142. The van der Waals surface area contributed by atoms with Gasteiger partial charge in [-0.05, 0) is 19.3 Å². The second-order valence-corrected chi connectivity index (χ2v) is 5.87. The molecule has 1 saturated heterocycles. The van der Waals surface area contributed by atoms with Gasteiger partial charge in [0.05, 0.1) is 0 Å². The summed E-state index contributed by atoms with van der Waals surface area (Å²) < 4.78 is 44.9. The van der Waals surface area contributed by atoms with Gasteiger partial charge in [-0.15, -0.1) is 0 Å². The van der Waals surface area contributed by atoms with E-state index in [1.807, 2.05) is 6.92 Å². The molecule has 6 nitrogen and oxygen atoms in total. The van der Waals surface area contributed by atoms with Crippen molar-refractivity contribution in [1.82, 2.24) is 15.2 Å². The Labute approximate surface area is 137 Å². The van der Waals surface area contributed by atoms with Gasteiger partial charge in [0.15, 0.2) is 11.6 Å². The third-order valence-corrected chi connectivity index (χ3v) is 3.86. The molecule has 9 heteroatoms. The molecule has 1 N–H and O–H groups in total. The van der Waals surface area contributed by atoms with E-state index in [9.17, 15) is 22.8 Å². The summed E-state index contributed by atoms with van der Waals surface area (Å²) in [4.78, 5) is 28.3. The first-order chi connectivity index (χ1) is 11.2. The van der Waals surface area contributed by atoms with E-state index in [1.54, 1.807) is 0 Å². The van der Waals surface area contributed by atoms with Crippen molar-refractivity contribution in [3.63, 3.8) is 0 Å². The van der Waals surface area contributed by atoms with Crippen LogP contribution >= 0.6 is 0 Å². The summed E-state index contributed by atoms with van der Waals surface area (Å²) in [5, 5.41) is 2.57. The van der Waals surface area contributed by atoms with Crippen LogP contribution in [0.4, 0.5) is 13.2 Å². The predicted octanol–water partition coefficient (Wildman–Crippen LogP) is 2.30. The van der Waals surface area contributed by atoms with Crippen LogP contribution in [0, 0.1) is 0 Å². The first-order valence-corrected chi connectivity index (χ1v) is 7.81. The topological polar surface area (TPSA) is 75.4 Å². The van der Waals surface area contributed by atoms with E-state index >= 15 is 0 Å². The molecule has 134 valence electrons. The summed E-state index contributed by atoms with van der Waals surface area (Å²) >= 11 is 0. The van der Waals surface area contributed by atoms with Crippen LogP contribution in [0.15, 0.2) is 10.7 Å². The van der Waals surface area contributed by atoms with E-state index < -0.39 is 24.2 Å². The zero-order chi connectivity index (χ0) is 17.9. The van der Waals surface area contributed by atoms with Crippen LogP contribution in [0.2, 0.25) is 0 Å². The van der Waals surface area contributed by atoms with E-state index in [4.69, 9.17) is 4.42 Å². The molecule has 0 aliphatic carbocycles. The van der Waals surface area contributed by atoms with Crippen LogP contribution in [0.1, 0.15) is 49.5 Å². The number of nitrogens with zero attached hydrogens (tertiary/aromatic N) is 2. The van der Waals surface area contributed by atoms with Gasteiger partial charge in [-0.1, -0.05) is 6.92 Å². The normalized spacial score (nSPS) is 21.6. The van der Waals surface area contributed by atoms with Gasteiger partial charge in [0.25, 0.3) is 5.91 Å². The van der Waals surface area contributed by atoms with Crippen molar-refractivity contribution in [1.29, 1.82) is 0 Å². The summed E-state index contributed by atoms with van der Waals surface area (Å²) in [7, 11) is 0. The number of carbonyl (C=O) groups is 2. The van der Waals surface area contributed by atoms with Crippen LogP contribution in [-0.4, -0.2) is 46.5 Å². The Bertz CT molecular complexity index is 600. The molecule has 0 radical (unpaired) electrons. The molecule has 24 heavy (non-hydrogen) atoms. The van der Waals surface area contributed by atoms with Gasteiger partial charge < -0.3 is 14.6 Å². The molecule has 2 amide bonds. The first-order valence-electron chi connectivity index (χ1n) is 7.81. The van der Waals surface area contributed by atoms with Gasteiger partial charge >= 0.3 is 6.18 Å². The maximum absolute atomic E-state index is 13.3. The number of oxazole rings is 1. The number of halogens is 3. The summed E-state index contributed by atoms with van der Waals surface area (Å²) in [6.45, 7) is 2.98. The fraction of sp³-hybridized carbons (Fsp3) is 0.667. The summed E-state index contributed by atoms with van der Waals surface area (Å²) in [6.07, 6.45) is -2.30. The summed E-state index contributed by atoms with van der Waals surface area (Å²) in [5.41, 5.74) is -0.142. The number of nitrogens with one attached hydrogen (secondary N) is 1. The van der Waals surface area contributed by atoms with E-state index in [1.165, 1.54) is 6.92 Å². The maximum atomic E-state index is 13.3. The van der Waals surface area contributed by atoms with E-state index in [0.29, 0.717) is 12.3 Å². The minimum Gasteiger partial charge on any atom is -0.448 e. The third-order valence-electron chi connectivity index (χ3n) is 3.86. The Kier molecular flexibility index (Phi) is 5.51. The van der Waals surface area contributed by atoms with Crippen molar-refractivity contribution < 1.29 is 27.2 Å². The molecule has 1 aliphatic rings. The monoisotopic (exact) mass is 347 g/mol. The van der Waals surface area contributed by atoms with Gasteiger partial charge in [0.1, 0.15) is 12.3 Å². The Hall–Kier alpha value is -2.06. The van der Waals surface area contributed by atoms with E-state index in [-0.39, 0.29) is 31.0 Å². The van der Waals surface area contributed by atoms with Crippen molar-refractivity contribution in [3.8, 4) is 0 Å². The highest BCUT2D eigenvalue weighted by Gasteiger charge is 2.48. The molecule has 2 atom stereocenters. The molecular weight excluding hydrogens is 327 g/mol. The number of rotatable bonds is 4. The molecule has 0 aromatic carbocycles. The number of piperidine rings is 1. The lowest BCUT2D eigenvalue weighted by Gasteiger charge is -2.40. The molecule has 0 saturated carbocycles. The molecule has 2 heterocycles. The van der Waals surface area contributed by atoms with Gasteiger partial charge in [-0.25, -0.2) is 4.98 Å². The average Bonchev–Trinajstić information content (AvgIpc) is 2.93. The molecule has 2 unspecified atom stereocenters. The Morgan fingerprint density at radius 2 is 2.12 bits per heavy atom. The molecule has 0 bridgehead atoms. The van der Waals surface area contributed by atoms with E-state index in [0.717, 1.165) is 17.6 Å². The molecule has 0 spiro atoms. The number of hydrogen-bond donors (Lipinski definition) is 1. The molecule has 1 aromatic rings. The lowest BCUT2D eigenvalue weighted by molar-refractivity contribution is -0.184. The van der Waals surface area contributed by atoms with Crippen LogP contribution in [-0.2, 0) is 11.2 Å². The number of amides is 2. The van der Waals surface area contributed by atoms with Crippen molar-refractivity contribution in [2.45, 2.75) is 57.8 Å². The van der Waals surface area contributed by atoms with E-state index in [2.05, 4.69) is 10.3 Å². The number of aryl methyl sites for hydroxylation is 1. The summed E-state index contributed by atoms with van der Waals surface area (Å²) in [5.74, 6) is -0.858. The quantitative estimate of drug-likeness (QED) is 0.907. The molecule has 1 aliphatic heterocycles.